The maximum Gasteiger partial charge on any atom is 0.0726 e. The van der Waals surface area contributed by atoms with Crippen molar-refractivity contribution in [1.29, 1.82) is 0 Å². The molecule has 2 aliphatic heterocycles. The van der Waals surface area contributed by atoms with E-state index in [-0.39, 0.29) is 11.0 Å². The molecule has 0 atom stereocenters. The predicted octanol–water partition coefficient (Wildman–Crippen LogP) is 9.65. The molecule has 3 aromatic heterocycles. The molecule has 0 amide bonds. The van der Waals surface area contributed by atoms with E-state index < -0.39 is 0 Å². The van der Waals surface area contributed by atoms with Gasteiger partial charge in [0.25, 0.3) is 0 Å². The lowest BCUT2D eigenvalue weighted by molar-refractivity contribution is 1.03. The third-order valence-corrected chi connectivity index (χ3v) is 8.91. The molecule has 2 N–H and O–H groups in total. The van der Waals surface area contributed by atoms with Crippen molar-refractivity contribution in [1.82, 2.24) is 19.9 Å². The van der Waals surface area contributed by atoms with Crippen LogP contribution in [0.15, 0.2) is 24.3 Å². The number of hydrogen-bond acceptors (Lipinski definition) is 2. The van der Waals surface area contributed by atoms with Gasteiger partial charge in [-0.1, -0.05) is 55.4 Å². The van der Waals surface area contributed by atoms with Crippen LogP contribution in [-0.2, 0) is 25.7 Å². The van der Waals surface area contributed by atoms with Crippen molar-refractivity contribution >= 4 is 55.3 Å². The van der Waals surface area contributed by atoms with Crippen LogP contribution >= 0.6 is 0 Å². The van der Waals surface area contributed by atoms with E-state index in [2.05, 4.69) is 89.6 Å². The first-order valence-corrected chi connectivity index (χ1v) is 15.7. The Hall–Kier alpha value is -3.18. The van der Waals surface area contributed by atoms with Crippen LogP contribution < -0.4 is 0 Å². The van der Waals surface area contributed by atoms with Gasteiger partial charge in [0.2, 0.25) is 0 Å². The summed E-state index contributed by atoms with van der Waals surface area (Å²) in [6.45, 7) is 18.2. The van der Waals surface area contributed by atoms with Crippen molar-refractivity contribution < 1.29 is 0 Å². The molecular formula is C36H46N4Si. The molecule has 4 nitrogen and oxygen atoms in total. The summed E-state index contributed by atoms with van der Waals surface area (Å²) in [5.74, 6) is 0. The zero-order valence-electron chi connectivity index (χ0n) is 26.4. The van der Waals surface area contributed by atoms with Gasteiger partial charge in [-0.2, -0.15) is 0 Å². The van der Waals surface area contributed by atoms with Crippen molar-refractivity contribution in [3.63, 3.8) is 0 Å². The molecule has 0 aromatic carbocycles. The summed E-state index contributed by atoms with van der Waals surface area (Å²) >= 11 is 0. The first-order chi connectivity index (χ1) is 19.5. The monoisotopic (exact) mass is 562 g/mol. The Labute approximate surface area is 250 Å². The summed E-state index contributed by atoms with van der Waals surface area (Å²) in [6, 6.07) is 8.89. The fourth-order valence-electron chi connectivity index (χ4n) is 7.07. The van der Waals surface area contributed by atoms with Crippen molar-refractivity contribution in [2.45, 2.75) is 107 Å². The molecule has 5 heteroatoms. The highest BCUT2D eigenvalue weighted by Gasteiger charge is 2.27. The Morgan fingerprint density at radius 1 is 0.488 bits per heavy atom. The van der Waals surface area contributed by atoms with Gasteiger partial charge in [0, 0.05) is 44.2 Å². The van der Waals surface area contributed by atoms with Crippen molar-refractivity contribution in [2.24, 2.45) is 0 Å². The molecule has 0 aliphatic carbocycles. The summed E-state index contributed by atoms with van der Waals surface area (Å²) in [4.78, 5) is 18.5. The molecule has 0 spiro atoms. The molecule has 0 unspecified atom stereocenters. The highest BCUT2D eigenvalue weighted by Crippen LogP contribution is 2.42. The number of aromatic nitrogens is 4. The third-order valence-electron chi connectivity index (χ3n) is 8.91. The van der Waals surface area contributed by atoms with Crippen LogP contribution in [-0.4, -0.2) is 30.9 Å². The van der Waals surface area contributed by atoms with E-state index in [4.69, 9.17) is 9.97 Å². The predicted molar refractivity (Wildman–Crippen MR) is 179 cm³/mol. The van der Waals surface area contributed by atoms with Crippen molar-refractivity contribution in [2.75, 3.05) is 0 Å². The van der Waals surface area contributed by atoms with E-state index >= 15 is 0 Å². The second-order valence-electron chi connectivity index (χ2n) is 10.9. The van der Waals surface area contributed by atoms with Crippen LogP contribution in [0.3, 0.4) is 0 Å². The van der Waals surface area contributed by atoms with Gasteiger partial charge in [-0.3, -0.25) is 0 Å². The lowest BCUT2D eigenvalue weighted by Crippen LogP contribution is -1.98. The molecule has 0 fully saturated rings. The standard InChI is InChI=1S/C36H46N4.Si/c1-9-23-25(11-3)33-29(15-7)35-27(13-5)28(14-6)36(40-35)30(16-8)34-26(12-4)24(10-2)32(39-34)20-22-18-17-21(37-22)19-31(23)38-33;/h17-20,37-38H,9-16H2,1-8H3;. The molecule has 8 bridgehead atoms. The van der Waals surface area contributed by atoms with Gasteiger partial charge in [0.15, 0.2) is 0 Å². The maximum absolute atomic E-state index is 5.57. The summed E-state index contributed by atoms with van der Waals surface area (Å²) in [7, 11) is 0. The lowest BCUT2D eigenvalue weighted by Gasteiger charge is -2.10. The number of nitrogens with zero attached hydrogens (tertiary/aromatic N) is 2. The number of fused-ring (bicyclic) bond motifs is 8. The van der Waals surface area contributed by atoms with Crippen molar-refractivity contribution in [3.05, 3.63) is 69.3 Å². The van der Waals surface area contributed by atoms with E-state index in [1.165, 1.54) is 67.0 Å². The summed E-state index contributed by atoms with van der Waals surface area (Å²) < 4.78 is 0. The molecule has 3 aromatic rings. The van der Waals surface area contributed by atoms with E-state index in [1.807, 2.05) is 0 Å². The Morgan fingerprint density at radius 2 is 0.976 bits per heavy atom. The molecule has 5 heterocycles. The molecular weight excluding hydrogens is 517 g/mol. The maximum atomic E-state index is 5.57. The largest absolute Gasteiger partial charge is 0.355 e. The minimum absolute atomic E-state index is 0. The number of allylic oxidation sites excluding steroid dienone is 4. The summed E-state index contributed by atoms with van der Waals surface area (Å²) in [5, 5.41) is 0. The van der Waals surface area contributed by atoms with Crippen LogP contribution in [0.2, 0.25) is 0 Å². The van der Waals surface area contributed by atoms with E-state index in [0.717, 1.165) is 73.8 Å². The van der Waals surface area contributed by atoms with E-state index in [9.17, 15) is 0 Å². The normalized spacial score (nSPS) is 13.3. The number of H-pyrrole nitrogens is 2. The quantitative estimate of drug-likeness (QED) is 0.269. The third kappa shape index (κ3) is 5.07. The molecule has 2 aliphatic rings. The second kappa shape index (κ2) is 12.8. The number of aryl methyl sites for hydroxylation is 3. The van der Waals surface area contributed by atoms with Crippen molar-refractivity contribution in [3.8, 4) is 0 Å². The van der Waals surface area contributed by atoms with Gasteiger partial charge in [0.1, 0.15) is 0 Å². The zero-order valence-corrected chi connectivity index (χ0v) is 27.4. The molecule has 0 saturated carbocycles. The van der Waals surface area contributed by atoms with Crippen LogP contribution in [0.1, 0.15) is 126 Å². The van der Waals surface area contributed by atoms with Crippen LogP contribution in [0.5, 0.6) is 0 Å². The number of nitrogens with one attached hydrogen (secondary N) is 2. The molecule has 41 heavy (non-hydrogen) atoms. The molecule has 5 rings (SSSR count). The average Bonchev–Trinajstić information content (AvgIpc) is 3.73. The van der Waals surface area contributed by atoms with Crippen LogP contribution in [0, 0.1) is 0 Å². The van der Waals surface area contributed by atoms with Crippen LogP contribution in [0.4, 0.5) is 0 Å². The van der Waals surface area contributed by atoms with Gasteiger partial charge < -0.3 is 9.97 Å². The smallest absolute Gasteiger partial charge is 0.0726 e. The minimum atomic E-state index is 0. The summed E-state index contributed by atoms with van der Waals surface area (Å²) in [5.41, 5.74) is 20.3. The number of rotatable bonds is 8. The van der Waals surface area contributed by atoms with Gasteiger partial charge in [-0.25, -0.2) is 9.97 Å². The van der Waals surface area contributed by atoms with E-state index in [1.54, 1.807) is 0 Å². The van der Waals surface area contributed by atoms with Gasteiger partial charge in [-0.15, -0.1) is 0 Å². The fourth-order valence-corrected chi connectivity index (χ4v) is 7.07. The fraction of sp³-hybridized carbons (Fsp3) is 0.444. The Balaban J connectivity index is 0.00000387. The summed E-state index contributed by atoms with van der Waals surface area (Å²) in [6.07, 6.45) is 7.74. The number of hydrogen-bond donors (Lipinski definition) is 2. The lowest BCUT2D eigenvalue weighted by atomic mass is 9.92. The molecule has 0 saturated heterocycles. The zero-order chi connectivity index (χ0) is 28.6. The Kier molecular flexibility index (Phi) is 9.58. The first-order valence-electron chi connectivity index (χ1n) is 15.7. The molecule has 214 valence electrons. The Morgan fingerprint density at radius 3 is 1.51 bits per heavy atom. The first kappa shape index (κ1) is 30.8. The van der Waals surface area contributed by atoms with E-state index in [0.29, 0.717) is 0 Å². The van der Waals surface area contributed by atoms with Crippen LogP contribution in [0.25, 0.3) is 44.4 Å². The SMILES string of the molecule is CCC1=C(CC)c2nc1cc1ccc(cc3[nH]c(c(CC)c4nc(c2CC)C(CC)=C4CC)c(CC)c3CC)[nH]1.[Si]. The topological polar surface area (TPSA) is 57.4 Å². The second-order valence-corrected chi connectivity index (χ2v) is 10.9. The highest BCUT2D eigenvalue weighted by molar-refractivity contribution is 5.98. The number of aromatic amines is 2. The van der Waals surface area contributed by atoms with Gasteiger partial charge >= 0.3 is 0 Å². The average molecular weight is 563 g/mol. The minimum Gasteiger partial charge on any atom is -0.355 e. The van der Waals surface area contributed by atoms with Gasteiger partial charge in [-0.05, 0) is 109 Å². The Bertz CT molecular complexity index is 1680. The molecule has 4 radical (unpaired) electrons. The highest BCUT2D eigenvalue weighted by atomic mass is 28.1. The van der Waals surface area contributed by atoms with Gasteiger partial charge in [0.05, 0.1) is 22.8 Å².